The van der Waals surface area contributed by atoms with Crippen LogP contribution in [0.15, 0.2) is 0 Å². The predicted molar refractivity (Wildman–Crippen MR) is 220 cm³/mol. The fourth-order valence-corrected chi connectivity index (χ4v) is 6.69. The second kappa shape index (κ2) is 39.1. The van der Waals surface area contributed by atoms with Crippen molar-refractivity contribution in [3.63, 3.8) is 0 Å². The van der Waals surface area contributed by atoms with Crippen LogP contribution in [-0.2, 0) is 28.6 Å². The van der Waals surface area contributed by atoms with Gasteiger partial charge in [-0.2, -0.15) is 0 Å². The van der Waals surface area contributed by atoms with E-state index in [4.69, 9.17) is 14.2 Å². The van der Waals surface area contributed by atoms with E-state index in [2.05, 4.69) is 34.6 Å². The van der Waals surface area contributed by atoms with Gasteiger partial charge in [-0.05, 0) is 31.1 Å². The molecule has 0 radical (unpaired) electrons. The summed E-state index contributed by atoms with van der Waals surface area (Å²) in [7, 11) is 0. The van der Waals surface area contributed by atoms with Crippen LogP contribution in [0.4, 0.5) is 0 Å². The predicted octanol–water partition coefficient (Wildman–Crippen LogP) is 14.2. The Balaban J connectivity index is 4.35. The number of carbonyl (C=O) groups excluding carboxylic acids is 3. The van der Waals surface area contributed by atoms with E-state index in [0.717, 1.165) is 69.6 Å². The molecule has 52 heavy (non-hydrogen) atoms. The van der Waals surface area contributed by atoms with Gasteiger partial charge in [-0.1, -0.05) is 208 Å². The van der Waals surface area contributed by atoms with Gasteiger partial charge in [0.25, 0.3) is 0 Å². The molecule has 0 aliphatic rings. The molecule has 0 N–H and O–H groups in total. The Kier molecular flexibility index (Phi) is 37.9. The van der Waals surface area contributed by atoms with Crippen LogP contribution in [0.5, 0.6) is 0 Å². The highest BCUT2D eigenvalue weighted by atomic mass is 16.6. The molecule has 0 aromatic rings. The molecule has 3 atom stereocenters. The third kappa shape index (κ3) is 36.8. The summed E-state index contributed by atoms with van der Waals surface area (Å²) in [5.74, 6) is 0.820. The molecule has 0 saturated carbocycles. The summed E-state index contributed by atoms with van der Waals surface area (Å²) in [5.41, 5.74) is 0. The number of esters is 3. The fraction of sp³-hybridized carbons (Fsp3) is 0.935. The summed E-state index contributed by atoms with van der Waals surface area (Å²) in [6.45, 7) is 11.3. The first-order valence-corrected chi connectivity index (χ1v) is 22.8. The van der Waals surface area contributed by atoms with Crippen LogP contribution in [0.25, 0.3) is 0 Å². The lowest BCUT2D eigenvalue weighted by Gasteiger charge is -2.18. The van der Waals surface area contributed by atoms with Crippen molar-refractivity contribution in [3.8, 4) is 0 Å². The van der Waals surface area contributed by atoms with Crippen LogP contribution in [0.2, 0.25) is 0 Å². The van der Waals surface area contributed by atoms with E-state index < -0.39 is 6.10 Å². The van der Waals surface area contributed by atoms with E-state index in [0.29, 0.717) is 19.3 Å². The van der Waals surface area contributed by atoms with Crippen LogP contribution in [0, 0.1) is 11.8 Å². The fourth-order valence-electron chi connectivity index (χ4n) is 6.69. The van der Waals surface area contributed by atoms with Crippen LogP contribution in [0.3, 0.4) is 0 Å². The molecular formula is C46H88O6. The number of unbranched alkanes of at least 4 members (excludes halogenated alkanes) is 23. The van der Waals surface area contributed by atoms with E-state index >= 15 is 0 Å². The maximum atomic E-state index is 12.7. The Bertz CT molecular complexity index is 798. The van der Waals surface area contributed by atoms with Crippen molar-refractivity contribution in [2.75, 3.05) is 13.2 Å². The molecule has 0 rings (SSSR count). The van der Waals surface area contributed by atoms with Crippen molar-refractivity contribution in [1.82, 2.24) is 0 Å². The number of hydrogen-bond acceptors (Lipinski definition) is 6. The van der Waals surface area contributed by atoms with Crippen molar-refractivity contribution < 1.29 is 28.6 Å². The summed E-state index contributed by atoms with van der Waals surface area (Å²) >= 11 is 0. The first-order chi connectivity index (χ1) is 25.3. The zero-order chi connectivity index (χ0) is 38.3. The average Bonchev–Trinajstić information content (AvgIpc) is 3.14. The molecule has 6 nitrogen and oxygen atoms in total. The number of carbonyl (C=O) groups is 3. The average molecular weight is 737 g/mol. The molecule has 6 heteroatoms. The minimum atomic E-state index is -0.760. The number of hydrogen-bond donors (Lipinski definition) is 0. The molecule has 0 aliphatic carbocycles. The Morgan fingerprint density at radius 1 is 0.385 bits per heavy atom. The molecule has 0 heterocycles. The zero-order valence-electron chi connectivity index (χ0n) is 35.4. The summed E-state index contributed by atoms with van der Waals surface area (Å²) in [5, 5.41) is 0. The van der Waals surface area contributed by atoms with E-state index in [-0.39, 0.29) is 31.1 Å². The van der Waals surface area contributed by atoms with Gasteiger partial charge in [0.15, 0.2) is 6.10 Å². The van der Waals surface area contributed by atoms with Crippen molar-refractivity contribution in [3.05, 3.63) is 0 Å². The van der Waals surface area contributed by atoms with E-state index in [1.807, 2.05) is 0 Å². The lowest BCUT2D eigenvalue weighted by atomic mass is 9.99. The van der Waals surface area contributed by atoms with Gasteiger partial charge in [0, 0.05) is 19.3 Å². The molecule has 0 saturated heterocycles. The molecule has 0 amide bonds. The van der Waals surface area contributed by atoms with Crippen molar-refractivity contribution >= 4 is 17.9 Å². The molecule has 0 aromatic heterocycles. The van der Waals surface area contributed by atoms with Crippen molar-refractivity contribution in [1.29, 1.82) is 0 Å². The lowest BCUT2D eigenvalue weighted by Crippen LogP contribution is -2.30. The minimum absolute atomic E-state index is 0.0656. The first-order valence-electron chi connectivity index (χ1n) is 22.8. The van der Waals surface area contributed by atoms with Gasteiger partial charge in [0.1, 0.15) is 13.2 Å². The van der Waals surface area contributed by atoms with E-state index in [9.17, 15) is 14.4 Å². The molecule has 0 aliphatic heterocycles. The monoisotopic (exact) mass is 737 g/mol. The number of ether oxygens (including phenoxy) is 3. The van der Waals surface area contributed by atoms with Gasteiger partial charge < -0.3 is 14.2 Å². The van der Waals surface area contributed by atoms with E-state index in [1.54, 1.807) is 0 Å². The largest absolute Gasteiger partial charge is 0.462 e. The molecule has 2 unspecified atom stereocenters. The van der Waals surface area contributed by atoms with Crippen LogP contribution in [-0.4, -0.2) is 37.2 Å². The SMILES string of the molecule is CCCCCCCCCCCCC(=O)OC[C@@H](COC(=O)CCCCCCCCC(C)CC)OC(=O)CCCCCCCCCCCCC(C)CC. The zero-order valence-corrected chi connectivity index (χ0v) is 35.4. The smallest absolute Gasteiger partial charge is 0.306 e. The highest BCUT2D eigenvalue weighted by Gasteiger charge is 2.19. The summed E-state index contributed by atoms with van der Waals surface area (Å²) in [4.78, 5) is 37.7. The van der Waals surface area contributed by atoms with Gasteiger partial charge in [-0.3, -0.25) is 14.4 Å². The van der Waals surface area contributed by atoms with Gasteiger partial charge in [0.2, 0.25) is 0 Å². The van der Waals surface area contributed by atoms with Gasteiger partial charge >= 0.3 is 17.9 Å². The van der Waals surface area contributed by atoms with E-state index in [1.165, 1.54) is 135 Å². The Hall–Kier alpha value is -1.59. The minimum Gasteiger partial charge on any atom is -0.462 e. The maximum Gasteiger partial charge on any atom is 0.306 e. The first kappa shape index (κ1) is 50.4. The van der Waals surface area contributed by atoms with Crippen LogP contribution in [0.1, 0.15) is 247 Å². The summed E-state index contributed by atoms with van der Waals surface area (Å²) < 4.78 is 16.7. The standard InChI is InChI=1S/C46H88O6/c1-6-9-10-11-12-13-17-20-26-31-36-44(47)50-39-43(40-51-45(48)37-32-27-23-22-25-30-35-42(5)8-3)52-46(49)38-33-28-21-18-15-14-16-19-24-29-34-41(4)7-2/h41-43H,6-40H2,1-5H3/t41?,42?,43-/m0/s1. The second-order valence-corrected chi connectivity index (χ2v) is 16.2. The number of rotatable bonds is 40. The molecular weight excluding hydrogens is 648 g/mol. The van der Waals surface area contributed by atoms with Gasteiger partial charge in [0.05, 0.1) is 0 Å². The highest BCUT2D eigenvalue weighted by molar-refractivity contribution is 5.71. The summed E-state index contributed by atoms with van der Waals surface area (Å²) in [6, 6.07) is 0. The molecule has 0 aromatic carbocycles. The highest BCUT2D eigenvalue weighted by Crippen LogP contribution is 2.17. The second-order valence-electron chi connectivity index (χ2n) is 16.2. The quantitative estimate of drug-likeness (QED) is 0.0354. The van der Waals surface area contributed by atoms with Gasteiger partial charge in [-0.15, -0.1) is 0 Å². The van der Waals surface area contributed by atoms with Crippen LogP contribution >= 0.6 is 0 Å². The molecule has 0 fully saturated rings. The normalized spacial score (nSPS) is 13.1. The Morgan fingerprint density at radius 3 is 1.00 bits per heavy atom. The summed E-state index contributed by atoms with van der Waals surface area (Å²) in [6.07, 6.45) is 36.5. The third-order valence-electron chi connectivity index (χ3n) is 10.9. The Morgan fingerprint density at radius 2 is 0.673 bits per heavy atom. The third-order valence-corrected chi connectivity index (χ3v) is 10.9. The molecule has 308 valence electrons. The van der Waals surface area contributed by atoms with Crippen LogP contribution < -0.4 is 0 Å². The Labute approximate surface area is 323 Å². The maximum absolute atomic E-state index is 12.7. The van der Waals surface area contributed by atoms with Crippen molar-refractivity contribution in [2.45, 2.75) is 253 Å². The molecule has 0 spiro atoms. The van der Waals surface area contributed by atoms with Crippen molar-refractivity contribution in [2.24, 2.45) is 11.8 Å². The lowest BCUT2D eigenvalue weighted by molar-refractivity contribution is -0.167. The topological polar surface area (TPSA) is 78.9 Å². The van der Waals surface area contributed by atoms with Gasteiger partial charge in [-0.25, -0.2) is 0 Å². The molecule has 0 bridgehead atoms.